The van der Waals surface area contributed by atoms with Gasteiger partial charge in [-0.25, -0.2) is 4.79 Å². The minimum absolute atomic E-state index is 0.0727. The van der Waals surface area contributed by atoms with E-state index in [-0.39, 0.29) is 11.3 Å². The van der Waals surface area contributed by atoms with Crippen LogP contribution in [0.5, 0.6) is 5.75 Å². The van der Waals surface area contributed by atoms with Gasteiger partial charge in [0, 0.05) is 11.6 Å². The van der Waals surface area contributed by atoms with Crippen LogP contribution in [0.15, 0.2) is 48.5 Å². The molecule has 2 rings (SSSR count). The molecule has 0 aliphatic heterocycles. The van der Waals surface area contributed by atoms with E-state index < -0.39 is 25.1 Å². The van der Waals surface area contributed by atoms with Crippen molar-refractivity contribution in [1.82, 2.24) is 5.32 Å². The first-order valence-corrected chi connectivity index (χ1v) is 8.05. The topological polar surface area (TPSA) is 64.6 Å². The Morgan fingerprint density at radius 2 is 1.69 bits per heavy atom. The second kappa shape index (κ2) is 9.72. The second-order valence-corrected chi connectivity index (χ2v) is 5.64. The largest absolute Gasteiger partial charge is 0.452 e. The number of carbonyl (C=O) groups excluding carboxylic acids is 2. The highest BCUT2D eigenvalue weighted by Crippen LogP contribution is 2.15. The predicted octanol–water partition coefficient (Wildman–Crippen LogP) is 3.46. The van der Waals surface area contributed by atoms with Gasteiger partial charge in [-0.05, 0) is 48.4 Å². The molecule has 0 bridgehead atoms. The van der Waals surface area contributed by atoms with Crippen molar-refractivity contribution in [1.29, 1.82) is 0 Å². The number of carbonyl (C=O) groups is 2. The molecule has 0 aliphatic rings. The number of rotatable bonds is 8. The van der Waals surface area contributed by atoms with Gasteiger partial charge in [-0.1, -0.05) is 23.7 Å². The number of alkyl halides is 2. The van der Waals surface area contributed by atoms with E-state index in [2.05, 4.69) is 10.1 Å². The van der Waals surface area contributed by atoms with Crippen LogP contribution in [0.1, 0.15) is 15.9 Å². The molecule has 2 aromatic carbocycles. The fourth-order valence-electron chi connectivity index (χ4n) is 2.04. The van der Waals surface area contributed by atoms with Gasteiger partial charge in [0.05, 0.1) is 5.56 Å². The zero-order valence-corrected chi connectivity index (χ0v) is 14.3. The molecule has 0 fully saturated rings. The van der Waals surface area contributed by atoms with Gasteiger partial charge >= 0.3 is 12.6 Å². The Morgan fingerprint density at radius 3 is 2.31 bits per heavy atom. The average molecular weight is 384 g/mol. The van der Waals surface area contributed by atoms with Gasteiger partial charge in [-0.15, -0.1) is 0 Å². The molecule has 8 heteroatoms. The molecule has 0 aromatic heterocycles. The molecular formula is C18H16ClF2NO4. The Bertz CT molecular complexity index is 736. The molecule has 0 aliphatic carbocycles. The lowest BCUT2D eigenvalue weighted by atomic mass is 10.1. The van der Waals surface area contributed by atoms with E-state index in [0.29, 0.717) is 18.0 Å². The minimum Gasteiger partial charge on any atom is -0.452 e. The molecule has 0 saturated heterocycles. The Morgan fingerprint density at radius 1 is 1.04 bits per heavy atom. The maximum Gasteiger partial charge on any atom is 0.387 e. The van der Waals surface area contributed by atoms with Crippen molar-refractivity contribution < 1.29 is 27.8 Å². The van der Waals surface area contributed by atoms with Gasteiger partial charge in [-0.2, -0.15) is 8.78 Å². The molecule has 0 spiro atoms. The number of halogens is 3. The fraction of sp³-hybridized carbons (Fsp3) is 0.222. The van der Waals surface area contributed by atoms with E-state index in [4.69, 9.17) is 16.3 Å². The molecule has 138 valence electrons. The molecule has 0 saturated carbocycles. The molecule has 26 heavy (non-hydrogen) atoms. The lowest BCUT2D eigenvalue weighted by molar-refractivity contribution is -0.124. The third-order valence-electron chi connectivity index (χ3n) is 3.30. The van der Waals surface area contributed by atoms with Crippen LogP contribution in [-0.4, -0.2) is 31.6 Å². The number of benzene rings is 2. The third kappa shape index (κ3) is 6.68. The zero-order valence-electron chi connectivity index (χ0n) is 13.6. The van der Waals surface area contributed by atoms with Gasteiger partial charge in [0.1, 0.15) is 5.75 Å². The van der Waals surface area contributed by atoms with Gasteiger partial charge in [-0.3, -0.25) is 4.79 Å². The highest BCUT2D eigenvalue weighted by molar-refractivity contribution is 6.30. The molecule has 2 aromatic rings. The predicted molar refractivity (Wildman–Crippen MR) is 91.5 cm³/mol. The summed E-state index contributed by atoms with van der Waals surface area (Å²) in [5, 5.41) is 3.27. The summed E-state index contributed by atoms with van der Waals surface area (Å²) in [4.78, 5) is 23.5. The lowest BCUT2D eigenvalue weighted by Crippen LogP contribution is -2.30. The summed E-state index contributed by atoms with van der Waals surface area (Å²) in [6.07, 6.45) is 0.614. The first kappa shape index (κ1) is 19.7. The molecule has 1 N–H and O–H groups in total. The maximum atomic E-state index is 12.1. The van der Waals surface area contributed by atoms with Crippen molar-refractivity contribution in [2.24, 2.45) is 0 Å². The van der Waals surface area contributed by atoms with E-state index in [1.165, 1.54) is 24.3 Å². The molecule has 0 unspecified atom stereocenters. The van der Waals surface area contributed by atoms with E-state index >= 15 is 0 Å². The fourth-order valence-corrected chi connectivity index (χ4v) is 2.16. The van der Waals surface area contributed by atoms with E-state index in [1.807, 2.05) is 12.1 Å². The number of ether oxygens (including phenoxy) is 2. The SMILES string of the molecule is O=C(COC(=O)c1ccc(OC(F)F)cc1)NCCc1ccc(Cl)cc1. The highest BCUT2D eigenvalue weighted by Gasteiger charge is 2.11. The summed E-state index contributed by atoms with van der Waals surface area (Å²) in [5.74, 6) is -1.25. The van der Waals surface area contributed by atoms with Gasteiger partial charge in [0.25, 0.3) is 5.91 Å². The normalized spacial score (nSPS) is 10.5. The van der Waals surface area contributed by atoms with Crippen molar-refractivity contribution in [3.8, 4) is 5.75 Å². The summed E-state index contributed by atoms with van der Waals surface area (Å²) in [6, 6.07) is 12.2. The molecule has 0 heterocycles. The van der Waals surface area contributed by atoms with Crippen LogP contribution < -0.4 is 10.1 Å². The maximum absolute atomic E-state index is 12.1. The van der Waals surface area contributed by atoms with Crippen molar-refractivity contribution >= 4 is 23.5 Å². The van der Waals surface area contributed by atoms with Crippen LogP contribution in [0.25, 0.3) is 0 Å². The van der Waals surface area contributed by atoms with Crippen LogP contribution in [0.2, 0.25) is 5.02 Å². The Hall–Kier alpha value is -2.67. The molecule has 5 nitrogen and oxygen atoms in total. The molecule has 1 amide bonds. The number of hydrogen-bond donors (Lipinski definition) is 1. The third-order valence-corrected chi connectivity index (χ3v) is 3.55. The van der Waals surface area contributed by atoms with Gasteiger partial charge < -0.3 is 14.8 Å². The van der Waals surface area contributed by atoms with Crippen LogP contribution in [0.3, 0.4) is 0 Å². The average Bonchev–Trinajstić information content (AvgIpc) is 2.61. The smallest absolute Gasteiger partial charge is 0.387 e. The number of nitrogens with one attached hydrogen (secondary N) is 1. The van der Waals surface area contributed by atoms with Gasteiger partial charge in [0.15, 0.2) is 6.61 Å². The minimum atomic E-state index is -2.94. The van der Waals surface area contributed by atoms with Crippen LogP contribution >= 0.6 is 11.6 Å². The van der Waals surface area contributed by atoms with Crippen LogP contribution in [0.4, 0.5) is 8.78 Å². The Kier molecular flexibility index (Phi) is 7.35. The quantitative estimate of drug-likeness (QED) is 0.709. The van der Waals surface area contributed by atoms with Gasteiger partial charge in [0.2, 0.25) is 0 Å². The highest BCUT2D eigenvalue weighted by atomic mass is 35.5. The number of amides is 1. The van der Waals surface area contributed by atoms with Crippen molar-refractivity contribution in [3.63, 3.8) is 0 Å². The number of hydrogen-bond acceptors (Lipinski definition) is 4. The summed E-state index contributed by atoms with van der Waals surface area (Å²) >= 11 is 5.79. The lowest BCUT2D eigenvalue weighted by Gasteiger charge is -2.08. The molecular weight excluding hydrogens is 368 g/mol. The van der Waals surface area contributed by atoms with Crippen LogP contribution in [0, 0.1) is 0 Å². The van der Waals surface area contributed by atoms with E-state index in [9.17, 15) is 18.4 Å². The Labute approximate surface area is 153 Å². The van der Waals surface area contributed by atoms with Crippen molar-refractivity contribution in [2.75, 3.05) is 13.2 Å². The second-order valence-electron chi connectivity index (χ2n) is 5.21. The molecule has 0 radical (unpaired) electrons. The first-order valence-electron chi connectivity index (χ1n) is 7.67. The first-order chi connectivity index (χ1) is 12.4. The molecule has 0 atom stereocenters. The summed E-state index contributed by atoms with van der Waals surface area (Å²) in [7, 11) is 0. The monoisotopic (exact) mass is 383 g/mol. The van der Waals surface area contributed by atoms with E-state index in [1.54, 1.807) is 12.1 Å². The van der Waals surface area contributed by atoms with Crippen molar-refractivity contribution in [3.05, 3.63) is 64.7 Å². The summed E-state index contributed by atoms with van der Waals surface area (Å²) < 4.78 is 33.2. The van der Waals surface area contributed by atoms with E-state index in [0.717, 1.165) is 5.56 Å². The van der Waals surface area contributed by atoms with Crippen molar-refractivity contribution in [2.45, 2.75) is 13.0 Å². The standard InChI is InChI=1S/C18H16ClF2NO4/c19-14-5-1-12(2-6-14)9-10-22-16(23)11-25-17(24)13-3-7-15(8-4-13)26-18(20)21/h1-8,18H,9-11H2,(H,22,23). The summed E-state index contributed by atoms with van der Waals surface area (Å²) in [6.45, 7) is -2.99. The summed E-state index contributed by atoms with van der Waals surface area (Å²) in [5.41, 5.74) is 1.14. The number of esters is 1. The van der Waals surface area contributed by atoms with Crippen LogP contribution in [-0.2, 0) is 16.0 Å². The zero-order chi connectivity index (χ0) is 18.9. The Balaban J connectivity index is 1.70.